The van der Waals surface area contributed by atoms with Gasteiger partial charge >= 0.3 is 0 Å². The number of hydrogen-bond acceptors (Lipinski definition) is 5. The van der Waals surface area contributed by atoms with E-state index in [2.05, 4.69) is 20.4 Å². The van der Waals surface area contributed by atoms with Crippen LogP contribution in [0.5, 0.6) is 0 Å². The highest BCUT2D eigenvalue weighted by Crippen LogP contribution is 2.29. The minimum atomic E-state index is 0.428. The molecule has 1 saturated carbocycles. The summed E-state index contributed by atoms with van der Waals surface area (Å²) in [4.78, 5) is 8.57. The average molecular weight is 275 g/mol. The maximum atomic E-state index is 5.39. The van der Waals surface area contributed by atoms with Gasteiger partial charge in [-0.3, -0.25) is 0 Å². The van der Waals surface area contributed by atoms with Crippen LogP contribution < -0.4 is 5.32 Å². The number of aryl methyl sites for hydroxylation is 1. The van der Waals surface area contributed by atoms with Crippen molar-refractivity contribution >= 4 is 0 Å². The van der Waals surface area contributed by atoms with E-state index in [0.717, 1.165) is 18.0 Å². The van der Waals surface area contributed by atoms with Gasteiger partial charge in [0, 0.05) is 19.5 Å². The maximum absolute atomic E-state index is 5.39. The first-order chi connectivity index (χ1) is 9.78. The van der Waals surface area contributed by atoms with Crippen molar-refractivity contribution in [3.8, 4) is 11.5 Å². The van der Waals surface area contributed by atoms with Crippen LogP contribution in [0.4, 0.5) is 0 Å². The van der Waals surface area contributed by atoms with Crippen molar-refractivity contribution in [2.75, 3.05) is 7.05 Å². The Morgan fingerprint density at radius 1 is 1.45 bits per heavy atom. The van der Waals surface area contributed by atoms with E-state index in [1.54, 1.807) is 12.5 Å². The van der Waals surface area contributed by atoms with Gasteiger partial charge < -0.3 is 14.4 Å². The summed E-state index contributed by atoms with van der Waals surface area (Å²) < 4.78 is 7.28. The Labute approximate surface area is 118 Å². The summed E-state index contributed by atoms with van der Waals surface area (Å²) in [7, 11) is 3.94. The summed E-state index contributed by atoms with van der Waals surface area (Å²) in [5, 5.41) is 7.46. The number of rotatable bonds is 5. The second kappa shape index (κ2) is 5.75. The molecule has 6 heteroatoms. The van der Waals surface area contributed by atoms with Gasteiger partial charge in [-0.25, -0.2) is 4.98 Å². The van der Waals surface area contributed by atoms with Gasteiger partial charge in [-0.05, 0) is 25.8 Å². The first kappa shape index (κ1) is 13.3. The van der Waals surface area contributed by atoms with Crippen LogP contribution >= 0.6 is 0 Å². The van der Waals surface area contributed by atoms with E-state index in [0.29, 0.717) is 17.8 Å². The Kier molecular flexibility index (Phi) is 3.82. The highest BCUT2D eigenvalue weighted by molar-refractivity contribution is 5.47. The third-order valence-corrected chi connectivity index (χ3v) is 4.25. The topological polar surface area (TPSA) is 68.8 Å². The minimum absolute atomic E-state index is 0.428. The van der Waals surface area contributed by atoms with Crippen LogP contribution in [0.15, 0.2) is 17.0 Å². The molecule has 0 radical (unpaired) electrons. The van der Waals surface area contributed by atoms with E-state index in [-0.39, 0.29) is 0 Å². The van der Waals surface area contributed by atoms with Crippen molar-refractivity contribution in [3.05, 3.63) is 18.4 Å². The highest BCUT2D eigenvalue weighted by atomic mass is 16.5. The number of imidazole rings is 1. The smallest absolute Gasteiger partial charge is 0.228 e. The molecule has 1 unspecified atom stereocenters. The van der Waals surface area contributed by atoms with Gasteiger partial charge in [0.05, 0.1) is 12.5 Å². The molecule has 3 rings (SSSR count). The molecule has 2 aromatic heterocycles. The van der Waals surface area contributed by atoms with Gasteiger partial charge in [0.15, 0.2) is 0 Å². The number of nitrogens with one attached hydrogen (secondary N) is 1. The van der Waals surface area contributed by atoms with Crippen molar-refractivity contribution in [3.63, 3.8) is 0 Å². The lowest BCUT2D eigenvalue weighted by Gasteiger charge is -2.20. The summed E-state index contributed by atoms with van der Waals surface area (Å²) in [5.41, 5.74) is 0.877. The highest BCUT2D eigenvalue weighted by Gasteiger charge is 2.26. The molecular formula is C14H21N5O. The lowest BCUT2D eigenvalue weighted by molar-refractivity contribution is 0.318. The summed E-state index contributed by atoms with van der Waals surface area (Å²) in [6, 6.07) is 0.428. The third kappa shape index (κ3) is 2.60. The zero-order valence-corrected chi connectivity index (χ0v) is 12.0. The van der Waals surface area contributed by atoms with Crippen LogP contribution in [-0.2, 0) is 13.5 Å². The maximum Gasteiger partial charge on any atom is 0.228 e. The Hall–Kier alpha value is -1.69. The zero-order valence-electron chi connectivity index (χ0n) is 12.0. The van der Waals surface area contributed by atoms with E-state index in [1.165, 1.54) is 25.7 Å². The molecule has 6 nitrogen and oxygen atoms in total. The predicted octanol–water partition coefficient (Wildman–Crippen LogP) is 1.79. The van der Waals surface area contributed by atoms with Crippen LogP contribution in [0, 0.1) is 5.92 Å². The van der Waals surface area contributed by atoms with Crippen molar-refractivity contribution in [1.82, 2.24) is 25.0 Å². The first-order valence-corrected chi connectivity index (χ1v) is 7.24. The molecule has 2 heterocycles. The fraction of sp³-hybridized carbons (Fsp3) is 0.643. The molecule has 0 aliphatic heterocycles. The van der Waals surface area contributed by atoms with E-state index in [9.17, 15) is 0 Å². The average Bonchev–Trinajstić information content (AvgIpc) is 3.16. The Morgan fingerprint density at radius 3 is 2.90 bits per heavy atom. The molecular weight excluding hydrogens is 254 g/mol. The Balaban J connectivity index is 1.71. The monoisotopic (exact) mass is 275 g/mol. The first-order valence-electron chi connectivity index (χ1n) is 7.24. The second-order valence-electron chi connectivity index (χ2n) is 5.55. The standard InChI is InChI=1S/C14H21N5O/c1-15-11(10-5-3-4-6-10)7-13-17-14(18-20-13)12-8-16-9-19(12)2/h8-11,15H,3-7H2,1-2H3. The number of aromatic nitrogens is 4. The lowest BCUT2D eigenvalue weighted by Crippen LogP contribution is -2.34. The molecule has 1 aliphatic rings. The fourth-order valence-electron chi connectivity index (χ4n) is 3.07. The Bertz CT molecular complexity index is 555. The van der Waals surface area contributed by atoms with Crippen LogP contribution in [0.3, 0.4) is 0 Å². The fourth-order valence-corrected chi connectivity index (χ4v) is 3.07. The summed E-state index contributed by atoms with van der Waals surface area (Å²) in [6.07, 6.45) is 9.57. The summed E-state index contributed by atoms with van der Waals surface area (Å²) in [5.74, 6) is 2.04. The molecule has 2 aromatic rings. The molecule has 0 aromatic carbocycles. The molecule has 1 atom stereocenters. The predicted molar refractivity (Wildman–Crippen MR) is 75.0 cm³/mol. The third-order valence-electron chi connectivity index (χ3n) is 4.25. The summed E-state index contributed by atoms with van der Waals surface area (Å²) >= 11 is 0. The molecule has 1 aliphatic carbocycles. The van der Waals surface area contributed by atoms with Crippen LogP contribution in [-0.4, -0.2) is 32.8 Å². The van der Waals surface area contributed by atoms with E-state index < -0.39 is 0 Å². The molecule has 1 fully saturated rings. The molecule has 108 valence electrons. The van der Waals surface area contributed by atoms with Crippen LogP contribution in [0.1, 0.15) is 31.6 Å². The molecule has 0 amide bonds. The zero-order chi connectivity index (χ0) is 13.9. The molecule has 1 N–H and O–H groups in total. The van der Waals surface area contributed by atoms with E-state index in [4.69, 9.17) is 4.52 Å². The van der Waals surface area contributed by atoms with Crippen molar-refractivity contribution < 1.29 is 4.52 Å². The van der Waals surface area contributed by atoms with Gasteiger partial charge in [0.2, 0.25) is 11.7 Å². The van der Waals surface area contributed by atoms with Crippen molar-refractivity contribution in [1.29, 1.82) is 0 Å². The van der Waals surface area contributed by atoms with Crippen molar-refractivity contribution in [2.45, 2.75) is 38.1 Å². The minimum Gasteiger partial charge on any atom is -0.339 e. The normalized spacial score (nSPS) is 17.7. The largest absolute Gasteiger partial charge is 0.339 e. The number of nitrogens with zero attached hydrogens (tertiary/aromatic N) is 4. The molecule has 0 spiro atoms. The van der Waals surface area contributed by atoms with E-state index >= 15 is 0 Å². The quantitative estimate of drug-likeness (QED) is 0.901. The molecule has 0 bridgehead atoms. The van der Waals surface area contributed by atoms with Gasteiger partial charge in [0.1, 0.15) is 5.69 Å². The van der Waals surface area contributed by atoms with Crippen LogP contribution in [0.25, 0.3) is 11.5 Å². The molecule has 20 heavy (non-hydrogen) atoms. The number of likely N-dealkylation sites (N-methyl/N-ethyl adjacent to an activating group) is 1. The van der Waals surface area contributed by atoms with E-state index in [1.807, 2.05) is 18.7 Å². The lowest BCUT2D eigenvalue weighted by atomic mass is 9.95. The van der Waals surface area contributed by atoms with Gasteiger partial charge in [-0.2, -0.15) is 4.98 Å². The SMILES string of the molecule is CNC(Cc1nc(-c2cncn2C)no1)C1CCCC1. The van der Waals surface area contributed by atoms with Crippen molar-refractivity contribution in [2.24, 2.45) is 13.0 Å². The van der Waals surface area contributed by atoms with Gasteiger partial charge in [0.25, 0.3) is 0 Å². The van der Waals surface area contributed by atoms with Gasteiger partial charge in [-0.1, -0.05) is 18.0 Å². The molecule has 0 saturated heterocycles. The second-order valence-corrected chi connectivity index (χ2v) is 5.55. The summed E-state index contributed by atoms with van der Waals surface area (Å²) in [6.45, 7) is 0. The number of hydrogen-bond donors (Lipinski definition) is 1. The Morgan fingerprint density at radius 2 is 2.25 bits per heavy atom. The van der Waals surface area contributed by atoms with Gasteiger partial charge in [-0.15, -0.1) is 0 Å². The van der Waals surface area contributed by atoms with Crippen LogP contribution in [0.2, 0.25) is 0 Å².